The number of hydrogen-bond donors (Lipinski definition) is 1. The minimum Gasteiger partial charge on any atom is -0.477 e. The second-order valence-electron chi connectivity index (χ2n) is 5.51. The van der Waals surface area contributed by atoms with Gasteiger partial charge in [-0.2, -0.15) is 5.10 Å². The highest BCUT2D eigenvalue weighted by molar-refractivity contribution is 5.85. The summed E-state index contributed by atoms with van der Waals surface area (Å²) in [6.07, 6.45) is 0.793. The van der Waals surface area contributed by atoms with Crippen LogP contribution in [0.2, 0.25) is 0 Å². The van der Waals surface area contributed by atoms with Crippen LogP contribution in [0.1, 0.15) is 41.2 Å². The van der Waals surface area contributed by atoms with E-state index in [9.17, 15) is 9.90 Å². The number of benzene rings is 1. The fraction of sp³-hybridized carbons (Fsp3) is 0.375. The zero-order chi connectivity index (χ0) is 14.7. The number of aryl methyl sites for hydroxylation is 1. The van der Waals surface area contributed by atoms with Gasteiger partial charge in [0.05, 0.1) is 12.2 Å². The van der Waals surface area contributed by atoms with Gasteiger partial charge in [0.15, 0.2) is 0 Å². The maximum atomic E-state index is 11.3. The van der Waals surface area contributed by atoms with Crippen molar-refractivity contribution in [2.24, 2.45) is 5.92 Å². The molecule has 0 unspecified atom stereocenters. The van der Waals surface area contributed by atoms with E-state index in [2.05, 4.69) is 18.9 Å². The third-order valence-electron chi connectivity index (χ3n) is 3.25. The minimum atomic E-state index is -0.930. The molecule has 4 nitrogen and oxygen atoms in total. The Morgan fingerprint density at radius 2 is 2.05 bits per heavy atom. The summed E-state index contributed by atoms with van der Waals surface area (Å²) in [5, 5.41) is 13.7. The van der Waals surface area contributed by atoms with Crippen LogP contribution in [0.3, 0.4) is 0 Å². The molecule has 0 spiro atoms. The van der Waals surface area contributed by atoms with E-state index >= 15 is 0 Å². The van der Waals surface area contributed by atoms with Gasteiger partial charge in [-0.15, -0.1) is 0 Å². The Morgan fingerprint density at radius 3 is 2.65 bits per heavy atom. The molecule has 1 aromatic heterocycles. The quantitative estimate of drug-likeness (QED) is 0.909. The summed E-state index contributed by atoms with van der Waals surface area (Å²) in [6, 6.07) is 9.64. The lowest BCUT2D eigenvalue weighted by molar-refractivity contribution is 0.0684. The average Bonchev–Trinajstić information content (AvgIpc) is 2.74. The summed E-state index contributed by atoms with van der Waals surface area (Å²) in [7, 11) is 0. The number of aromatic carboxylic acids is 1. The van der Waals surface area contributed by atoms with Crippen molar-refractivity contribution in [3.8, 4) is 0 Å². The van der Waals surface area contributed by atoms with Crippen molar-refractivity contribution in [2.75, 3.05) is 0 Å². The van der Waals surface area contributed by atoms with E-state index in [4.69, 9.17) is 0 Å². The number of carbonyl (C=O) groups is 1. The first-order chi connectivity index (χ1) is 9.47. The molecule has 1 aromatic carbocycles. The van der Waals surface area contributed by atoms with E-state index in [-0.39, 0.29) is 5.69 Å². The molecule has 0 bridgehead atoms. The number of nitrogens with zero attached hydrogens (tertiary/aromatic N) is 2. The highest BCUT2D eigenvalue weighted by Gasteiger charge is 2.15. The van der Waals surface area contributed by atoms with Crippen LogP contribution >= 0.6 is 0 Å². The van der Waals surface area contributed by atoms with Gasteiger partial charge in [0.2, 0.25) is 0 Å². The van der Waals surface area contributed by atoms with Crippen molar-refractivity contribution in [3.05, 3.63) is 52.8 Å². The monoisotopic (exact) mass is 272 g/mol. The number of hydrogen-bond acceptors (Lipinski definition) is 2. The summed E-state index contributed by atoms with van der Waals surface area (Å²) in [5.74, 6) is -0.473. The van der Waals surface area contributed by atoms with Crippen molar-refractivity contribution < 1.29 is 9.90 Å². The molecule has 106 valence electrons. The molecule has 1 N–H and O–H groups in total. The Hall–Kier alpha value is -2.10. The molecule has 20 heavy (non-hydrogen) atoms. The summed E-state index contributed by atoms with van der Waals surface area (Å²) in [6.45, 7) is 6.71. The van der Waals surface area contributed by atoms with Crippen LogP contribution in [0.25, 0.3) is 0 Å². The van der Waals surface area contributed by atoms with Crippen molar-refractivity contribution in [1.29, 1.82) is 0 Å². The summed E-state index contributed by atoms with van der Waals surface area (Å²) < 4.78 is 1.59. The molecule has 2 rings (SSSR count). The Bertz CT molecular complexity index is 615. The molecule has 0 aliphatic rings. The maximum absolute atomic E-state index is 11.3. The van der Waals surface area contributed by atoms with Crippen molar-refractivity contribution in [1.82, 2.24) is 9.78 Å². The molecule has 0 aliphatic heterocycles. The van der Waals surface area contributed by atoms with Gasteiger partial charge in [0.1, 0.15) is 5.69 Å². The summed E-state index contributed by atoms with van der Waals surface area (Å²) in [5.41, 5.74) is 3.33. The molecule has 0 saturated heterocycles. The van der Waals surface area contributed by atoms with Crippen LogP contribution in [0.5, 0.6) is 0 Å². The standard InChI is InChI=1S/C16H20N2O2/c1-11(2)8-14-9-15(16(19)20)18(17-14)10-13-7-5-4-6-12(13)3/h4-7,9,11H,8,10H2,1-3H3,(H,19,20). The van der Waals surface area contributed by atoms with E-state index in [1.807, 2.05) is 31.2 Å². The lowest BCUT2D eigenvalue weighted by Crippen LogP contribution is -2.11. The largest absolute Gasteiger partial charge is 0.477 e. The van der Waals surface area contributed by atoms with Gasteiger partial charge in [-0.05, 0) is 36.5 Å². The third kappa shape index (κ3) is 3.26. The molecule has 4 heteroatoms. The predicted octanol–water partition coefficient (Wildman–Crippen LogP) is 3.14. The van der Waals surface area contributed by atoms with Gasteiger partial charge in [-0.25, -0.2) is 4.79 Å². The topological polar surface area (TPSA) is 55.1 Å². The highest BCUT2D eigenvalue weighted by atomic mass is 16.4. The van der Waals surface area contributed by atoms with Gasteiger partial charge in [0, 0.05) is 0 Å². The summed E-state index contributed by atoms with van der Waals surface area (Å²) >= 11 is 0. The lowest BCUT2D eigenvalue weighted by atomic mass is 10.1. The molecule has 0 atom stereocenters. The SMILES string of the molecule is Cc1ccccc1Cn1nc(CC(C)C)cc1C(=O)O. The van der Waals surface area contributed by atoms with Gasteiger partial charge in [-0.1, -0.05) is 38.1 Å². The molecule has 1 heterocycles. The molecular weight excluding hydrogens is 252 g/mol. The maximum Gasteiger partial charge on any atom is 0.354 e. The molecule has 0 fully saturated rings. The first-order valence-corrected chi connectivity index (χ1v) is 6.82. The van der Waals surface area contributed by atoms with Crippen LogP contribution in [0, 0.1) is 12.8 Å². The minimum absolute atomic E-state index is 0.254. The molecule has 0 saturated carbocycles. The van der Waals surface area contributed by atoms with Crippen molar-refractivity contribution in [3.63, 3.8) is 0 Å². The van der Waals surface area contributed by atoms with E-state index in [0.29, 0.717) is 12.5 Å². The van der Waals surface area contributed by atoms with Crippen LogP contribution in [-0.4, -0.2) is 20.9 Å². The number of carboxylic acid groups (broad SMARTS) is 1. The Kier molecular flexibility index (Phi) is 4.23. The number of aromatic nitrogens is 2. The fourth-order valence-electron chi connectivity index (χ4n) is 2.23. The van der Waals surface area contributed by atoms with E-state index in [1.165, 1.54) is 0 Å². The van der Waals surface area contributed by atoms with Crippen molar-refractivity contribution >= 4 is 5.97 Å². The first kappa shape index (κ1) is 14.3. The first-order valence-electron chi connectivity index (χ1n) is 6.82. The smallest absolute Gasteiger partial charge is 0.354 e. The third-order valence-corrected chi connectivity index (χ3v) is 3.25. The van der Waals surface area contributed by atoms with Gasteiger partial charge in [-0.3, -0.25) is 4.68 Å². The normalized spacial score (nSPS) is 11.0. The Balaban J connectivity index is 2.32. The van der Waals surface area contributed by atoms with Crippen LogP contribution in [0.15, 0.2) is 30.3 Å². The second-order valence-corrected chi connectivity index (χ2v) is 5.51. The van der Waals surface area contributed by atoms with E-state index < -0.39 is 5.97 Å². The zero-order valence-corrected chi connectivity index (χ0v) is 12.1. The van der Waals surface area contributed by atoms with Crippen molar-refractivity contribution in [2.45, 2.75) is 33.7 Å². The molecule has 0 aliphatic carbocycles. The predicted molar refractivity (Wildman–Crippen MR) is 78.0 cm³/mol. The zero-order valence-electron chi connectivity index (χ0n) is 12.1. The molecular formula is C16H20N2O2. The average molecular weight is 272 g/mol. The van der Waals surface area contributed by atoms with Gasteiger partial charge >= 0.3 is 5.97 Å². The Labute approximate surface area is 119 Å². The molecule has 2 aromatic rings. The second kappa shape index (κ2) is 5.90. The van der Waals surface area contributed by atoms with Gasteiger partial charge in [0.25, 0.3) is 0 Å². The van der Waals surface area contributed by atoms with Gasteiger partial charge < -0.3 is 5.11 Å². The van der Waals surface area contributed by atoms with Crippen LogP contribution < -0.4 is 0 Å². The van der Waals surface area contributed by atoms with Crippen LogP contribution in [0.4, 0.5) is 0 Å². The van der Waals surface area contributed by atoms with E-state index in [0.717, 1.165) is 23.2 Å². The number of rotatable bonds is 5. The molecule has 0 amide bonds. The van der Waals surface area contributed by atoms with Crippen LogP contribution in [-0.2, 0) is 13.0 Å². The lowest BCUT2D eigenvalue weighted by Gasteiger charge is -2.07. The Morgan fingerprint density at radius 1 is 1.35 bits per heavy atom. The highest BCUT2D eigenvalue weighted by Crippen LogP contribution is 2.14. The summed E-state index contributed by atoms with van der Waals surface area (Å²) in [4.78, 5) is 11.3. The van der Waals surface area contributed by atoms with E-state index in [1.54, 1.807) is 10.7 Å². The molecule has 0 radical (unpaired) electrons. The fourth-order valence-corrected chi connectivity index (χ4v) is 2.23. The number of carboxylic acids is 1.